The number of rotatable bonds is 11. The van der Waals surface area contributed by atoms with Crippen LogP contribution in [0.25, 0.3) is 0 Å². The van der Waals surface area contributed by atoms with Crippen molar-refractivity contribution >= 4 is 17.8 Å². The van der Waals surface area contributed by atoms with Crippen LogP contribution in [-0.4, -0.2) is 41.3 Å². The lowest BCUT2D eigenvalue weighted by Gasteiger charge is -2.10. The molecular weight excluding hydrogens is 276 g/mol. The fourth-order valence-electron chi connectivity index (χ4n) is 1.28. The molecule has 10 heteroatoms. The van der Waals surface area contributed by atoms with Gasteiger partial charge >= 0.3 is 11.9 Å². The topological polar surface area (TPSA) is 159 Å². The Bertz CT molecular complexity index is 370. The number of ether oxygens (including phenoxy) is 1. The molecule has 0 radical (unpaired) electrons. The van der Waals surface area contributed by atoms with Gasteiger partial charge in [-0.05, 0) is 12.8 Å². The van der Waals surface area contributed by atoms with E-state index in [2.05, 4.69) is 4.84 Å². The van der Waals surface area contributed by atoms with Gasteiger partial charge < -0.3 is 20.4 Å². The monoisotopic (exact) mass is 292 g/mol. The third kappa shape index (κ3) is 9.62. The number of nitrogens with zero attached hydrogens (tertiary/aromatic N) is 1. The van der Waals surface area contributed by atoms with Crippen molar-refractivity contribution in [3.8, 4) is 0 Å². The Morgan fingerprint density at radius 2 is 1.80 bits per heavy atom. The minimum Gasteiger partial charge on any atom is -0.481 e. The second-order valence-electron chi connectivity index (χ2n) is 3.89. The third-order valence-corrected chi connectivity index (χ3v) is 2.21. The maximum Gasteiger partial charge on any atom is 0.307 e. The van der Waals surface area contributed by atoms with Crippen LogP contribution in [0.4, 0.5) is 0 Å². The van der Waals surface area contributed by atoms with E-state index in [1.165, 1.54) is 0 Å². The average molecular weight is 292 g/mol. The van der Waals surface area contributed by atoms with Crippen molar-refractivity contribution in [3.63, 3.8) is 0 Å². The molecule has 0 spiro atoms. The van der Waals surface area contributed by atoms with Gasteiger partial charge in [-0.1, -0.05) is 0 Å². The standard InChI is InChI=1S/C10H16N2O8/c11-8(13)5-7(10(15)16)6-9(14)19-3-1-2-4-20-12(17)18/h7H,1-6H2,(H2,11,13)(H,15,16). The summed E-state index contributed by atoms with van der Waals surface area (Å²) in [5.74, 6) is -4.10. The molecule has 0 aliphatic carbocycles. The summed E-state index contributed by atoms with van der Waals surface area (Å²) in [7, 11) is 0. The Labute approximate surface area is 113 Å². The third-order valence-electron chi connectivity index (χ3n) is 2.21. The summed E-state index contributed by atoms with van der Waals surface area (Å²) < 4.78 is 4.73. The van der Waals surface area contributed by atoms with Crippen molar-refractivity contribution in [2.45, 2.75) is 25.7 Å². The predicted molar refractivity (Wildman–Crippen MR) is 62.7 cm³/mol. The second-order valence-corrected chi connectivity index (χ2v) is 3.89. The van der Waals surface area contributed by atoms with Crippen molar-refractivity contribution in [1.29, 1.82) is 0 Å². The van der Waals surface area contributed by atoms with Crippen LogP contribution >= 0.6 is 0 Å². The van der Waals surface area contributed by atoms with Gasteiger partial charge in [-0.3, -0.25) is 14.4 Å². The normalized spacial score (nSPS) is 11.4. The molecule has 0 aromatic rings. The molecule has 20 heavy (non-hydrogen) atoms. The van der Waals surface area contributed by atoms with Gasteiger partial charge in [0.05, 0.1) is 25.6 Å². The van der Waals surface area contributed by atoms with Gasteiger partial charge in [-0.15, -0.1) is 10.1 Å². The van der Waals surface area contributed by atoms with Crippen molar-refractivity contribution in [2.75, 3.05) is 13.2 Å². The van der Waals surface area contributed by atoms with Crippen LogP contribution in [0.1, 0.15) is 25.7 Å². The lowest BCUT2D eigenvalue weighted by molar-refractivity contribution is -0.757. The first-order valence-corrected chi connectivity index (χ1v) is 5.77. The number of nitrogens with two attached hydrogens (primary N) is 1. The molecule has 0 aromatic carbocycles. The van der Waals surface area contributed by atoms with Crippen LogP contribution in [0.5, 0.6) is 0 Å². The van der Waals surface area contributed by atoms with E-state index in [-0.39, 0.29) is 13.2 Å². The second kappa shape index (κ2) is 9.53. The Kier molecular flexibility index (Phi) is 8.39. The number of hydrogen-bond acceptors (Lipinski definition) is 7. The number of carboxylic acids is 1. The molecule has 0 heterocycles. The number of primary amides is 1. The molecule has 0 aliphatic heterocycles. The highest BCUT2D eigenvalue weighted by Crippen LogP contribution is 2.10. The number of amides is 1. The average Bonchev–Trinajstić information content (AvgIpc) is 2.31. The van der Waals surface area contributed by atoms with Gasteiger partial charge in [0, 0.05) is 6.42 Å². The Morgan fingerprint density at radius 3 is 2.30 bits per heavy atom. The van der Waals surface area contributed by atoms with Gasteiger partial charge in [-0.25, -0.2) is 0 Å². The Balaban J connectivity index is 3.82. The van der Waals surface area contributed by atoms with E-state index in [9.17, 15) is 24.5 Å². The molecule has 1 atom stereocenters. The number of carbonyl (C=O) groups is 3. The fourth-order valence-corrected chi connectivity index (χ4v) is 1.28. The summed E-state index contributed by atoms with van der Waals surface area (Å²) in [4.78, 5) is 46.5. The molecule has 0 rings (SSSR count). The van der Waals surface area contributed by atoms with E-state index in [0.29, 0.717) is 12.8 Å². The molecule has 1 amide bonds. The minimum absolute atomic E-state index is 0.0111. The number of carboxylic acid groups (broad SMARTS) is 1. The summed E-state index contributed by atoms with van der Waals surface area (Å²) in [5, 5.41) is 17.7. The first-order chi connectivity index (χ1) is 9.32. The van der Waals surface area contributed by atoms with Crippen molar-refractivity contribution < 1.29 is 34.2 Å². The van der Waals surface area contributed by atoms with Crippen molar-refractivity contribution in [3.05, 3.63) is 10.1 Å². The van der Waals surface area contributed by atoms with Gasteiger partial charge in [0.2, 0.25) is 5.91 Å². The first-order valence-electron chi connectivity index (χ1n) is 5.77. The van der Waals surface area contributed by atoms with Crippen LogP contribution in [0.3, 0.4) is 0 Å². The zero-order chi connectivity index (χ0) is 15.5. The molecule has 0 saturated heterocycles. The Morgan fingerprint density at radius 1 is 1.20 bits per heavy atom. The molecule has 0 aliphatic rings. The maximum absolute atomic E-state index is 11.3. The molecular formula is C10H16N2O8. The smallest absolute Gasteiger partial charge is 0.307 e. The molecule has 0 aromatic heterocycles. The number of hydrogen-bond donors (Lipinski definition) is 2. The zero-order valence-electron chi connectivity index (χ0n) is 10.6. The zero-order valence-corrected chi connectivity index (χ0v) is 10.6. The van der Waals surface area contributed by atoms with Crippen LogP contribution in [0, 0.1) is 16.0 Å². The minimum atomic E-state index is -1.31. The van der Waals surface area contributed by atoms with Crippen LogP contribution in [-0.2, 0) is 24.0 Å². The van der Waals surface area contributed by atoms with E-state index in [1.807, 2.05) is 0 Å². The summed E-state index contributed by atoms with van der Waals surface area (Å²) in [5.41, 5.74) is 4.86. The van der Waals surface area contributed by atoms with Crippen molar-refractivity contribution in [1.82, 2.24) is 0 Å². The molecule has 0 saturated carbocycles. The van der Waals surface area contributed by atoms with E-state index in [1.54, 1.807) is 0 Å². The SMILES string of the molecule is NC(=O)CC(CC(=O)OCCCCO[N+](=O)[O-])C(=O)O. The lowest BCUT2D eigenvalue weighted by atomic mass is 10.0. The molecule has 0 fully saturated rings. The van der Waals surface area contributed by atoms with E-state index in [4.69, 9.17) is 15.6 Å². The summed E-state index contributed by atoms with van der Waals surface area (Å²) in [6.45, 7) is -0.118. The Hall–Kier alpha value is -2.39. The first kappa shape index (κ1) is 17.6. The molecule has 10 nitrogen and oxygen atoms in total. The highest BCUT2D eigenvalue weighted by Gasteiger charge is 2.24. The van der Waals surface area contributed by atoms with Gasteiger partial charge in [0.1, 0.15) is 0 Å². The predicted octanol–water partition coefficient (Wildman–Crippen LogP) is -0.516. The number of esters is 1. The summed E-state index contributed by atoms with van der Waals surface area (Å²) >= 11 is 0. The molecule has 3 N–H and O–H groups in total. The lowest BCUT2D eigenvalue weighted by Crippen LogP contribution is -2.25. The van der Waals surface area contributed by atoms with E-state index >= 15 is 0 Å². The highest BCUT2D eigenvalue weighted by atomic mass is 16.9. The maximum atomic E-state index is 11.3. The molecule has 114 valence electrons. The number of unbranched alkanes of at least 4 members (excludes halogenated alkanes) is 1. The van der Waals surface area contributed by atoms with Crippen LogP contribution in [0.15, 0.2) is 0 Å². The van der Waals surface area contributed by atoms with Gasteiger partial charge in [-0.2, -0.15) is 0 Å². The van der Waals surface area contributed by atoms with Crippen LogP contribution < -0.4 is 5.73 Å². The van der Waals surface area contributed by atoms with Gasteiger partial charge in [0.25, 0.3) is 5.09 Å². The quantitative estimate of drug-likeness (QED) is 0.223. The highest BCUT2D eigenvalue weighted by molar-refractivity contribution is 5.84. The summed E-state index contributed by atoms with van der Waals surface area (Å²) in [6, 6.07) is 0. The van der Waals surface area contributed by atoms with Gasteiger partial charge in [0.15, 0.2) is 0 Å². The largest absolute Gasteiger partial charge is 0.481 e. The summed E-state index contributed by atoms with van der Waals surface area (Å²) in [6.07, 6.45) is -0.240. The number of carbonyl (C=O) groups excluding carboxylic acids is 2. The number of aliphatic carboxylic acids is 1. The molecule has 1 unspecified atom stereocenters. The van der Waals surface area contributed by atoms with E-state index < -0.39 is 41.7 Å². The van der Waals surface area contributed by atoms with E-state index in [0.717, 1.165) is 0 Å². The fraction of sp³-hybridized carbons (Fsp3) is 0.700. The molecule has 0 bridgehead atoms. The van der Waals surface area contributed by atoms with Crippen molar-refractivity contribution in [2.24, 2.45) is 11.7 Å². The van der Waals surface area contributed by atoms with Crippen LogP contribution in [0.2, 0.25) is 0 Å².